The first-order chi connectivity index (χ1) is 10.5. The van der Waals surface area contributed by atoms with Gasteiger partial charge < -0.3 is 0 Å². The molecule has 3 rings (SSSR count). The molecule has 0 aliphatic heterocycles. The summed E-state index contributed by atoms with van der Waals surface area (Å²) in [5.74, 6) is 0. The molecule has 0 radical (unpaired) electrons. The number of hydrogen-bond donors (Lipinski definition) is 0. The van der Waals surface area contributed by atoms with Gasteiger partial charge in [-0.05, 0) is 56.7 Å². The molecule has 22 heavy (non-hydrogen) atoms. The topological polar surface area (TPSA) is 0 Å². The highest BCUT2D eigenvalue weighted by Gasteiger charge is 2.10. The van der Waals surface area contributed by atoms with Crippen molar-refractivity contribution in [1.82, 2.24) is 0 Å². The van der Waals surface area contributed by atoms with Crippen LogP contribution < -0.4 is 10.4 Å². The molecule has 0 nitrogen and oxygen atoms in total. The summed E-state index contributed by atoms with van der Waals surface area (Å²) in [6.45, 7) is 8.93. The van der Waals surface area contributed by atoms with Gasteiger partial charge in [-0.1, -0.05) is 76.2 Å². The van der Waals surface area contributed by atoms with E-state index in [0.717, 1.165) is 6.42 Å². The maximum absolute atomic E-state index is 2.34. The Labute approximate surface area is 133 Å². The molecule has 0 spiro atoms. The number of aryl methyl sites for hydroxylation is 1. The highest BCUT2D eigenvalue weighted by atomic mass is 14.1. The molecule has 1 aliphatic rings. The van der Waals surface area contributed by atoms with Gasteiger partial charge in [-0.15, -0.1) is 0 Å². The lowest BCUT2D eigenvalue weighted by molar-refractivity contribution is 0.543. The molecule has 2 aromatic carbocycles. The van der Waals surface area contributed by atoms with Crippen molar-refractivity contribution in [2.45, 2.75) is 34.1 Å². The molecule has 0 heteroatoms. The molecule has 0 saturated heterocycles. The summed E-state index contributed by atoms with van der Waals surface area (Å²) in [5, 5.41) is 2.68. The third kappa shape index (κ3) is 3.06. The minimum Gasteiger partial charge on any atom is -0.0718 e. The summed E-state index contributed by atoms with van der Waals surface area (Å²) in [4.78, 5) is 0. The van der Waals surface area contributed by atoms with Crippen LogP contribution in [0.15, 0.2) is 54.1 Å². The summed E-state index contributed by atoms with van der Waals surface area (Å²) in [7, 11) is 0. The van der Waals surface area contributed by atoms with E-state index in [9.17, 15) is 0 Å². The number of allylic oxidation sites excluding steroid dienone is 2. The van der Waals surface area contributed by atoms with Crippen LogP contribution in [-0.4, -0.2) is 0 Å². The predicted molar refractivity (Wildman–Crippen MR) is 97.0 cm³/mol. The van der Waals surface area contributed by atoms with E-state index in [2.05, 4.69) is 88.4 Å². The smallest absolute Gasteiger partial charge is 0.00994 e. The Morgan fingerprint density at radius 1 is 0.909 bits per heavy atom. The molecular formula is C22H24. The van der Waals surface area contributed by atoms with Crippen molar-refractivity contribution < 1.29 is 0 Å². The van der Waals surface area contributed by atoms with Crippen LogP contribution in [0.3, 0.4) is 0 Å². The van der Waals surface area contributed by atoms with E-state index in [1.807, 2.05) is 0 Å². The summed E-state index contributed by atoms with van der Waals surface area (Å²) < 4.78 is 0. The minimum atomic E-state index is 0.202. The molecule has 0 heterocycles. The first-order valence-corrected chi connectivity index (χ1v) is 8.11. The summed E-state index contributed by atoms with van der Waals surface area (Å²) in [5.41, 5.74) is 5.54. The zero-order valence-corrected chi connectivity index (χ0v) is 14.0. The highest BCUT2D eigenvalue weighted by molar-refractivity contribution is 5.78. The maximum Gasteiger partial charge on any atom is -0.00994 e. The third-order valence-electron chi connectivity index (χ3n) is 4.05. The van der Waals surface area contributed by atoms with Crippen molar-refractivity contribution >= 4 is 12.2 Å². The van der Waals surface area contributed by atoms with Crippen LogP contribution in [0.4, 0.5) is 0 Å². The number of hydrogen-bond acceptors (Lipinski definition) is 0. The molecule has 0 saturated carbocycles. The van der Waals surface area contributed by atoms with Gasteiger partial charge in [0.05, 0.1) is 0 Å². The Morgan fingerprint density at radius 2 is 1.64 bits per heavy atom. The van der Waals surface area contributed by atoms with Crippen molar-refractivity contribution in [2.24, 2.45) is 5.41 Å². The molecule has 0 N–H and O–H groups in total. The second-order valence-corrected chi connectivity index (χ2v) is 7.16. The van der Waals surface area contributed by atoms with E-state index in [1.54, 1.807) is 0 Å². The lowest BCUT2D eigenvalue weighted by Crippen LogP contribution is -2.22. The summed E-state index contributed by atoms with van der Waals surface area (Å²) in [6, 6.07) is 15.6. The average molecular weight is 288 g/mol. The Balaban J connectivity index is 2.12. The van der Waals surface area contributed by atoms with Crippen LogP contribution in [0.1, 0.15) is 33.3 Å². The van der Waals surface area contributed by atoms with Gasteiger partial charge in [0.1, 0.15) is 0 Å². The summed E-state index contributed by atoms with van der Waals surface area (Å²) >= 11 is 0. The van der Waals surface area contributed by atoms with E-state index < -0.39 is 0 Å². The zero-order valence-electron chi connectivity index (χ0n) is 14.0. The van der Waals surface area contributed by atoms with Crippen molar-refractivity contribution in [3.63, 3.8) is 0 Å². The second kappa shape index (κ2) is 5.61. The van der Waals surface area contributed by atoms with E-state index in [-0.39, 0.29) is 5.41 Å². The van der Waals surface area contributed by atoms with Gasteiger partial charge in [0.2, 0.25) is 0 Å². The standard InChI is InChI=1S/C22H24/c1-5-16-9-11-18(12-10-16)20-8-6-7-19-13-17(14-21(19)20)15-22(2,3)4/h6-15H,5H2,1-4H3. The van der Waals surface area contributed by atoms with Crippen LogP contribution in [0.25, 0.3) is 23.3 Å². The fourth-order valence-electron chi connectivity index (χ4n) is 3.01. The predicted octanol–water partition coefficient (Wildman–Crippen LogP) is 4.46. The van der Waals surface area contributed by atoms with E-state index in [0.29, 0.717) is 0 Å². The first kappa shape index (κ1) is 14.8. The van der Waals surface area contributed by atoms with Crippen molar-refractivity contribution in [1.29, 1.82) is 0 Å². The van der Waals surface area contributed by atoms with E-state index in [4.69, 9.17) is 0 Å². The molecule has 0 fully saturated rings. The van der Waals surface area contributed by atoms with Crippen molar-refractivity contribution in [2.75, 3.05) is 0 Å². The lowest BCUT2D eigenvalue weighted by Gasteiger charge is -2.12. The third-order valence-corrected chi connectivity index (χ3v) is 4.05. The quantitative estimate of drug-likeness (QED) is 0.765. The van der Waals surface area contributed by atoms with Gasteiger partial charge >= 0.3 is 0 Å². The van der Waals surface area contributed by atoms with Gasteiger partial charge in [0.25, 0.3) is 0 Å². The van der Waals surface area contributed by atoms with Gasteiger partial charge in [-0.2, -0.15) is 0 Å². The zero-order chi connectivity index (χ0) is 15.7. The van der Waals surface area contributed by atoms with Crippen LogP contribution in [0, 0.1) is 5.41 Å². The molecule has 2 aromatic rings. The molecule has 0 unspecified atom stereocenters. The number of benzene rings is 2. The van der Waals surface area contributed by atoms with E-state index >= 15 is 0 Å². The average Bonchev–Trinajstić information content (AvgIpc) is 2.87. The molecule has 0 atom stereocenters. The molecular weight excluding hydrogens is 264 g/mol. The van der Waals surface area contributed by atoms with Crippen LogP contribution in [0.2, 0.25) is 0 Å². The van der Waals surface area contributed by atoms with Crippen LogP contribution in [0.5, 0.6) is 0 Å². The Bertz CT molecular complexity index is 825. The van der Waals surface area contributed by atoms with Gasteiger partial charge in [0.15, 0.2) is 0 Å². The number of rotatable bonds is 2. The van der Waals surface area contributed by atoms with Gasteiger partial charge in [0, 0.05) is 0 Å². The summed E-state index contributed by atoms with van der Waals surface area (Å²) in [6.07, 6.45) is 8.05. The van der Waals surface area contributed by atoms with Gasteiger partial charge in [-0.3, -0.25) is 0 Å². The van der Waals surface area contributed by atoms with Crippen LogP contribution in [-0.2, 0) is 6.42 Å². The second-order valence-electron chi connectivity index (χ2n) is 7.16. The Kier molecular flexibility index (Phi) is 3.78. The van der Waals surface area contributed by atoms with Crippen LogP contribution >= 0.6 is 0 Å². The van der Waals surface area contributed by atoms with Gasteiger partial charge in [-0.25, -0.2) is 0 Å². The largest absolute Gasteiger partial charge is 0.0718 e. The fraction of sp³-hybridized carbons (Fsp3) is 0.273. The van der Waals surface area contributed by atoms with Crippen molar-refractivity contribution in [3.05, 3.63) is 70.1 Å². The maximum atomic E-state index is 2.34. The molecule has 0 bridgehead atoms. The number of fused-ring (bicyclic) bond motifs is 1. The molecule has 0 amide bonds. The lowest BCUT2D eigenvalue weighted by atomic mass is 9.93. The van der Waals surface area contributed by atoms with Crippen molar-refractivity contribution in [3.8, 4) is 11.1 Å². The Hall–Kier alpha value is -2.08. The first-order valence-electron chi connectivity index (χ1n) is 8.11. The Morgan fingerprint density at radius 3 is 2.27 bits per heavy atom. The highest BCUT2D eigenvalue weighted by Crippen LogP contribution is 2.21. The minimum absolute atomic E-state index is 0.202. The normalized spacial score (nSPS) is 15.4. The molecule has 1 aliphatic carbocycles. The monoisotopic (exact) mass is 288 g/mol. The SMILES string of the molecule is CCc1ccc(-c2cccc3c2=CC(=CC(C)(C)C)C=3)cc1. The molecule has 112 valence electrons. The molecule has 0 aromatic heterocycles. The van der Waals surface area contributed by atoms with E-state index in [1.165, 1.54) is 32.7 Å². The fourth-order valence-corrected chi connectivity index (χ4v) is 3.01.